The minimum Gasteiger partial charge on any atom is -0.394 e. The van der Waals surface area contributed by atoms with Crippen LogP contribution >= 0.6 is 0 Å². The van der Waals surface area contributed by atoms with Gasteiger partial charge in [-0.2, -0.15) is 13.2 Å². The van der Waals surface area contributed by atoms with Crippen molar-refractivity contribution >= 4 is 5.91 Å². The lowest BCUT2D eigenvalue weighted by Gasteiger charge is -2.14. The smallest absolute Gasteiger partial charge is 0.394 e. The van der Waals surface area contributed by atoms with Crippen LogP contribution in [0.4, 0.5) is 13.2 Å². The summed E-state index contributed by atoms with van der Waals surface area (Å²) in [6, 6.07) is -0.398. The fraction of sp³-hybridized carbons (Fsp3) is 0.875. The summed E-state index contributed by atoms with van der Waals surface area (Å²) < 4.78 is 35.0. The monoisotopic (exact) mass is 228 g/mol. The normalized spacial score (nSPS) is 13.7. The number of hydrogen-bond acceptors (Lipinski definition) is 3. The van der Waals surface area contributed by atoms with E-state index in [1.165, 1.54) is 0 Å². The lowest BCUT2D eigenvalue weighted by molar-refractivity contribution is -0.128. The van der Waals surface area contributed by atoms with Crippen molar-refractivity contribution in [1.82, 2.24) is 10.6 Å². The zero-order valence-electron chi connectivity index (χ0n) is 8.40. The molecule has 0 spiro atoms. The fourth-order valence-electron chi connectivity index (χ4n) is 0.873. The van der Waals surface area contributed by atoms with Crippen LogP contribution in [0.25, 0.3) is 0 Å². The number of halogens is 3. The Bertz CT molecular complexity index is 193. The van der Waals surface area contributed by atoms with Gasteiger partial charge in [-0.3, -0.25) is 4.79 Å². The number of hydrogen-bond donors (Lipinski definition) is 3. The largest absolute Gasteiger partial charge is 0.401 e. The summed E-state index contributed by atoms with van der Waals surface area (Å²) in [5.41, 5.74) is 0. The number of aliphatic hydroxyl groups is 1. The summed E-state index contributed by atoms with van der Waals surface area (Å²) >= 11 is 0. The van der Waals surface area contributed by atoms with Crippen molar-refractivity contribution in [3.8, 4) is 0 Å². The minimum absolute atomic E-state index is 0.221. The van der Waals surface area contributed by atoms with Crippen LogP contribution in [-0.4, -0.2) is 42.9 Å². The highest BCUT2D eigenvalue weighted by Crippen LogP contribution is 2.11. The molecule has 0 aliphatic carbocycles. The molecule has 0 aliphatic heterocycles. The molecule has 0 aromatic rings. The van der Waals surface area contributed by atoms with Gasteiger partial charge in [-0.1, -0.05) is 6.92 Å². The van der Waals surface area contributed by atoms with Crippen molar-refractivity contribution in [3.05, 3.63) is 0 Å². The van der Waals surface area contributed by atoms with E-state index in [1.807, 2.05) is 5.32 Å². The summed E-state index contributed by atoms with van der Waals surface area (Å²) in [5, 5.41) is 13.1. The van der Waals surface area contributed by atoms with Gasteiger partial charge in [0, 0.05) is 0 Å². The van der Waals surface area contributed by atoms with Gasteiger partial charge in [0.2, 0.25) is 5.91 Å². The van der Waals surface area contributed by atoms with Gasteiger partial charge in [-0.25, -0.2) is 0 Å². The highest BCUT2D eigenvalue weighted by atomic mass is 19.4. The van der Waals surface area contributed by atoms with Crippen LogP contribution < -0.4 is 10.6 Å². The molecular weight excluding hydrogens is 213 g/mol. The zero-order chi connectivity index (χ0) is 11.9. The molecule has 0 saturated heterocycles. The molecule has 0 aromatic heterocycles. The molecule has 1 amide bonds. The molecule has 0 heterocycles. The van der Waals surface area contributed by atoms with Gasteiger partial charge in [0.15, 0.2) is 0 Å². The second-order valence-electron chi connectivity index (χ2n) is 3.07. The summed E-state index contributed by atoms with van der Waals surface area (Å²) in [6.07, 6.45) is -3.79. The van der Waals surface area contributed by atoms with Crippen LogP contribution in [0.15, 0.2) is 0 Å². The van der Waals surface area contributed by atoms with E-state index in [0.717, 1.165) is 0 Å². The molecule has 1 atom stereocenters. The van der Waals surface area contributed by atoms with E-state index < -0.39 is 31.2 Å². The topological polar surface area (TPSA) is 61.4 Å². The standard InChI is InChI=1S/C8H15F3N2O2/c1-2-6(4-14)13-7(15)3-12-5-8(9,10)11/h6,12,14H,2-5H2,1H3,(H,13,15)/t6-/m1/s1. The van der Waals surface area contributed by atoms with E-state index >= 15 is 0 Å². The van der Waals surface area contributed by atoms with Crippen LogP contribution in [0.1, 0.15) is 13.3 Å². The second kappa shape index (κ2) is 6.62. The quantitative estimate of drug-likeness (QED) is 0.601. The minimum atomic E-state index is -4.32. The molecule has 0 rings (SSSR count). The summed E-state index contributed by atoms with van der Waals surface area (Å²) in [4.78, 5) is 11.0. The Morgan fingerprint density at radius 2 is 2.07 bits per heavy atom. The lowest BCUT2D eigenvalue weighted by atomic mass is 10.2. The van der Waals surface area contributed by atoms with Crippen molar-refractivity contribution in [2.75, 3.05) is 19.7 Å². The fourth-order valence-corrected chi connectivity index (χ4v) is 0.873. The van der Waals surface area contributed by atoms with E-state index in [2.05, 4.69) is 5.32 Å². The number of carbonyl (C=O) groups is 1. The first-order valence-corrected chi connectivity index (χ1v) is 4.56. The molecule has 0 saturated carbocycles. The Morgan fingerprint density at radius 3 is 2.47 bits per heavy atom. The molecule has 0 bridgehead atoms. The van der Waals surface area contributed by atoms with Gasteiger partial charge in [0.25, 0.3) is 0 Å². The van der Waals surface area contributed by atoms with Crippen molar-refractivity contribution < 1.29 is 23.1 Å². The van der Waals surface area contributed by atoms with E-state index in [9.17, 15) is 18.0 Å². The molecular formula is C8H15F3N2O2. The molecule has 7 heteroatoms. The maximum atomic E-state index is 11.7. The summed E-state index contributed by atoms with van der Waals surface area (Å²) in [6.45, 7) is -0.0713. The number of nitrogens with one attached hydrogen (secondary N) is 2. The molecule has 90 valence electrons. The predicted molar refractivity (Wildman–Crippen MR) is 48.2 cm³/mol. The van der Waals surface area contributed by atoms with Crippen LogP contribution in [0.3, 0.4) is 0 Å². The van der Waals surface area contributed by atoms with Gasteiger partial charge in [0.05, 0.1) is 25.7 Å². The number of alkyl halides is 3. The molecule has 0 radical (unpaired) electrons. The third-order valence-electron chi connectivity index (χ3n) is 1.69. The average Bonchev–Trinajstić information content (AvgIpc) is 2.12. The van der Waals surface area contributed by atoms with Crippen molar-refractivity contribution in [2.24, 2.45) is 0 Å². The highest BCUT2D eigenvalue weighted by molar-refractivity contribution is 5.78. The second-order valence-corrected chi connectivity index (χ2v) is 3.07. The summed E-state index contributed by atoms with van der Waals surface area (Å²) in [7, 11) is 0. The number of rotatable bonds is 6. The molecule has 3 N–H and O–H groups in total. The van der Waals surface area contributed by atoms with E-state index in [1.54, 1.807) is 6.92 Å². The van der Waals surface area contributed by atoms with Gasteiger partial charge in [-0.05, 0) is 6.42 Å². The van der Waals surface area contributed by atoms with Gasteiger partial charge in [0.1, 0.15) is 0 Å². The van der Waals surface area contributed by atoms with Crippen LogP contribution in [0.2, 0.25) is 0 Å². The predicted octanol–water partition coefficient (Wildman–Crippen LogP) is 0.0254. The van der Waals surface area contributed by atoms with Crippen molar-refractivity contribution in [1.29, 1.82) is 0 Å². The van der Waals surface area contributed by atoms with Crippen molar-refractivity contribution in [3.63, 3.8) is 0 Å². The third-order valence-corrected chi connectivity index (χ3v) is 1.69. The Hall–Kier alpha value is -0.820. The number of aliphatic hydroxyl groups excluding tert-OH is 1. The Balaban J connectivity index is 3.66. The summed E-state index contributed by atoms with van der Waals surface area (Å²) in [5.74, 6) is -0.555. The Kier molecular flexibility index (Phi) is 6.26. The molecule has 0 unspecified atom stereocenters. The molecule has 0 aromatic carbocycles. The van der Waals surface area contributed by atoms with Crippen LogP contribution in [0.5, 0.6) is 0 Å². The number of amides is 1. The highest BCUT2D eigenvalue weighted by Gasteiger charge is 2.26. The van der Waals surface area contributed by atoms with E-state index in [4.69, 9.17) is 5.11 Å². The van der Waals surface area contributed by atoms with Gasteiger partial charge >= 0.3 is 6.18 Å². The van der Waals surface area contributed by atoms with Gasteiger partial charge < -0.3 is 15.7 Å². The molecule has 0 fully saturated rings. The van der Waals surface area contributed by atoms with E-state index in [0.29, 0.717) is 6.42 Å². The molecule has 4 nitrogen and oxygen atoms in total. The SMILES string of the molecule is CC[C@H](CO)NC(=O)CNCC(F)(F)F. The average molecular weight is 228 g/mol. The Labute approximate surface area is 85.8 Å². The van der Waals surface area contributed by atoms with Crippen molar-refractivity contribution in [2.45, 2.75) is 25.6 Å². The van der Waals surface area contributed by atoms with E-state index in [-0.39, 0.29) is 6.61 Å². The number of carbonyl (C=O) groups excluding carboxylic acids is 1. The molecule has 15 heavy (non-hydrogen) atoms. The first-order chi connectivity index (χ1) is 6.89. The third kappa shape index (κ3) is 8.19. The first kappa shape index (κ1) is 14.2. The first-order valence-electron chi connectivity index (χ1n) is 4.56. The molecule has 0 aliphatic rings. The van der Waals surface area contributed by atoms with Gasteiger partial charge in [-0.15, -0.1) is 0 Å². The maximum Gasteiger partial charge on any atom is 0.401 e. The van der Waals surface area contributed by atoms with Crippen LogP contribution in [0, 0.1) is 0 Å². The lowest BCUT2D eigenvalue weighted by Crippen LogP contribution is -2.43. The zero-order valence-corrected chi connectivity index (χ0v) is 8.40. The van der Waals surface area contributed by atoms with Crippen LogP contribution in [-0.2, 0) is 4.79 Å². The Morgan fingerprint density at radius 1 is 1.47 bits per heavy atom. The maximum absolute atomic E-state index is 11.7.